The summed E-state index contributed by atoms with van der Waals surface area (Å²) in [6, 6.07) is 0.671. The molecule has 0 bridgehead atoms. The second kappa shape index (κ2) is 10.1. The Hall–Kier alpha value is 0.394. The molecule has 2 spiro atoms. The molecular formula is C21H34Br2N2NiO2. The fraction of sp³-hybridized carbons (Fsp3) is 0.905. The minimum absolute atomic E-state index is 0. The summed E-state index contributed by atoms with van der Waals surface area (Å²) in [6.07, 6.45) is 10.1. The average molecular weight is 565 g/mol. The van der Waals surface area contributed by atoms with Crippen LogP contribution in [0.15, 0.2) is 9.98 Å². The summed E-state index contributed by atoms with van der Waals surface area (Å²) in [5.74, 6) is 3.07. The molecule has 2 saturated carbocycles. The van der Waals surface area contributed by atoms with Crippen molar-refractivity contribution in [3.05, 3.63) is 0 Å². The van der Waals surface area contributed by atoms with Gasteiger partial charge in [-0.3, -0.25) is 0 Å². The predicted octanol–water partition coefficient (Wildman–Crippen LogP) is -1.09. The van der Waals surface area contributed by atoms with Crippen LogP contribution < -0.4 is 34.0 Å². The fourth-order valence-corrected chi connectivity index (χ4v) is 4.88. The third-order valence-corrected chi connectivity index (χ3v) is 6.55. The largest absolute Gasteiger partial charge is 2.00 e. The summed E-state index contributed by atoms with van der Waals surface area (Å²) < 4.78 is 12.8. The van der Waals surface area contributed by atoms with Gasteiger partial charge in [0.2, 0.25) is 0 Å². The van der Waals surface area contributed by atoms with Crippen LogP contribution in [-0.2, 0) is 26.0 Å². The zero-order valence-corrected chi connectivity index (χ0v) is 21.6. The zero-order chi connectivity index (χ0) is 17.7. The van der Waals surface area contributed by atoms with Crippen molar-refractivity contribution in [1.82, 2.24) is 0 Å². The van der Waals surface area contributed by atoms with Gasteiger partial charge in [-0.05, 0) is 63.2 Å². The van der Waals surface area contributed by atoms with Crippen LogP contribution in [0.5, 0.6) is 0 Å². The Bertz CT molecular complexity index is 537. The van der Waals surface area contributed by atoms with Gasteiger partial charge < -0.3 is 43.4 Å². The molecule has 4 aliphatic rings. The van der Waals surface area contributed by atoms with Crippen molar-refractivity contribution in [2.75, 3.05) is 0 Å². The quantitative estimate of drug-likeness (QED) is 0.385. The molecule has 4 nitrogen and oxygen atoms in total. The van der Waals surface area contributed by atoms with E-state index in [9.17, 15) is 0 Å². The van der Waals surface area contributed by atoms with Crippen molar-refractivity contribution < 1.29 is 59.9 Å². The number of hydrogen-bond acceptors (Lipinski definition) is 4. The van der Waals surface area contributed by atoms with Gasteiger partial charge in [0, 0.05) is 0 Å². The van der Waals surface area contributed by atoms with E-state index in [1.165, 1.54) is 12.8 Å². The first-order chi connectivity index (χ1) is 11.9. The Morgan fingerprint density at radius 3 is 1.39 bits per heavy atom. The Kier molecular flexibility index (Phi) is 9.57. The van der Waals surface area contributed by atoms with Crippen molar-refractivity contribution in [3.63, 3.8) is 0 Å². The van der Waals surface area contributed by atoms with E-state index in [1.54, 1.807) is 0 Å². The summed E-state index contributed by atoms with van der Waals surface area (Å²) in [7, 11) is 0. The van der Waals surface area contributed by atoms with Gasteiger partial charge in [0.05, 0.1) is 18.5 Å². The van der Waals surface area contributed by atoms with Crippen LogP contribution in [0.1, 0.15) is 85.5 Å². The number of aliphatic imine (C=N–C) groups is 2. The van der Waals surface area contributed by atoms with E-state index in [0.29, 0.717) is 30.3 Å². The second-order valence-electron chi connectivity index (χ2n) is 9.55. The van der Waals surface area contributed by atoms with Crippen LogP contribution in [-0.4, -0.2) is 35.1 Å². The minimum atomic E-state index is 0. The molecule has 0 radical (unpaired) electrons. The van der Waals surface area contributed by atoms with Crippen LogP contribution in [0.4, 0.5) is 0 Å². The molecule has 164 valence electrons. The van der Waals surface area contributed by atoms with Gasteiger partial charge in [0.25, 0.3) is 0 Å². The van der Waals surface area contributed by atoms with Crippen molar-refractivity contribution in [2.24, 2.45) is 21.8 Å². The molecule has 0 N–H and O–H groups in total. The minimum Gasteiger partial charge on any atom is -1.00 e. The molecule has 0 amide bonds. The van der Waals surface area contributed by atoms with E-state index in [-0.39, 0.29) is 61.7 Å². The van der Waals surface area contributed by atoms with E-state index in [0.717, 1.165) is 50.3 Å². The molecule has 28 heavy (non-hydrogen) atoms. The van der Waals surface area contributed by atoms with E-state index in [4.69, 9.17) is 19.5 Å². The maximum absolute atomic E-state index is 6.39. The Morgan fingerprint density at radius 2 is 1.14 bits per heavy atom. The van der Waals surface area contributed by atoms with Gasteiger partial charge in [-0.25, -0.2) is 9.98 Å². The van der Waals surface area contributed by atoms with E-state index < -0.39 is 0 Å². The molecule has 2 fully saturated rings. The summed E-state index contributed by atoms with van der Waals surface area (Å²) >= 11 is 0. The third kappa shape index (κ3) is 4.99. The molecule has 0 aromatic carbocycles. The topological polar surface area (TPSA) is 43.2 Å². The smallest absolute Gasteiger partial charge is 1.00 e. The Balaban J connectivity index is 0.00000131. The van der Waals surface area contributed by atoms with Crippen LogP contribution >= 0.6 is 0 Å². The van der Waals surface area contributed by atoms with Gasteiger partial charge in [0.15, 0.2) is 11.8 Å². The number of ether oxygens (including phenoxy) is 2. The maximum Gasteiger partial charge on any atom is 2.00 e. The number of hydrogen-bond donors (Lipinski definition) is 0. The molecule has 2 atom stereocenters. The van der Waals surface area contributed by atoms with Crippen LogP contribution in [0.3, 0.4) is 0 Å². The number of rotatable bonds is 6. The van der Waals surface area contributed by atoms with E-state index in [1.807, 2.05) is 0 Å². The van der Waals surface area contributed by atoms with Gasteiger partial charge in [0.1, 0.15) is 11.2 Å². The molecule has 7 heteroatoms. The van der Waals surface area contributed by atoms with Crippen molar-refractivity contribution in [1.29, 1.82) is 0 Å². The molecular weight excluding hydrogens is 531 g/mol. The Morgan fingerprint density at radius 1 is 0.786 bits per heavy atom. The SMILES string of the molecule is CC(C)C[C@H]1N=C(CC2=N[C@H](CC(C)C)C3(CCC3)O2)OC12CCC2.[Br-].[Br-].[Ni+2]. The van der Waals surface area contributed by atoms with Crippen LogP contribution in [0.25, 0.3) is 0 Å². The van der Waals surface area contributed by atoms with Gasteiger partial charge >= 0.3 is 16.5 Å². The second-order valence-corrected chi connectivity index (χ2v) is 9.55. The first kappa shape index (κ1) is 26.4. The summed E-state index contributed by atoms with van der Waals surface area (Å²) in [5.41, 5.74) is 0.00845. The predicted molar refractivity (Wildman–Crippen MR) is 101 cm³/mol. The van der Waals surface area contributed by atoms with Gasteiger partial charge in [-0.15, -0.1) is 0 Å². The summed E-state index contributed by atoms with van der Waals surface area (Å²) in [4.78, 5) is 9.96. The number of nitrogens with zero attached hydrogens (tertiary/aromatic N) is 2. The molecule has 0 aromatic heterocycles. The summed E-state index contributed by atoms with van der Waals surface area (Å²) in [6.45, 7) is 9.11. The van der Waals surface area contributed by atoms with Crippen molar-refractivity contribution in [2.45, 2.75) is 109 Å². The average Bonchev–Trinajstić information content (AvgIpc) is 2.96. The number of halogens is 2. The maximum atomic E-state index is 6.39. The van der Waals surface area contributed by atoms with Crippen molar-refractivity contribution in [3.8, 4) is 0 Å². The first-order valence-electron chi connectivity index (χ1n) is 10.4. The van der Waals surface area contributed by atoms with Crippen LogP contribution in [0.2, 0.25) is 0 Å². The first-order valence-corrected chi connectivity index (χ1v) is 10.4. The zero-order valence-electron chi connectivity index (χ0n) is 17.5. The fourth-order valence-electron chi connectivity index (χ4n) is 4.88. The molecule has 2 aliphatic carbocycles. The molecule has 0 aromatic rings. The van der Waals surface area contributed by atoms with Gasteiger partial charge in [-0.2, -0.15) is 0 Å². The molecule has 2 aliphatic heterocycles. The molecule has 0 unspecified atom stereocenters. The monoisotopic (exact) mass is 562 g/mol. The van der Waals surface area contributed by atoms with E-state index >= 15 is 0 Å². The van der Waals surface area contributed by atoms with Crippen molar-refractivity contribution >= 4 is 11.8 Å². The molecule has 2 heterocycles. The Labute approximate surface area is 201 Å². The van der Waals surface area contributed by atoms with Gasteiger partial charge in [-0.1, -0.05) is 27.7 Å². The third-order valence-electron chi connectivity index (χ3n) is 6.55. The normalized spacial score (nSPS) is 28.2. The standard InChI is InChI=1S/C21H34N2O2.2BrH.Ni/c1-14(2)11-16-20(7-5-8-20)24-18(22-16)13-19-23-17(12-15(3)4)21(25-19)9-6-10-21;;;/h14-17H,5-13H2,1-4H3;2*1H;/q;;;+2/p-2/t16-,17-;;;/m1.../s1. The van der Waals surface area contributed by atoms with Crippen LogP contribution in [0, 0.1) is 11.8 Å². The van der Waals surface area contributed by atoms with E-state index in [2.05, 4.69) is 27.7 Å². The summed E-state index contributed by atoms with van der Waals surface area (Å²) in [5, 5.41) is 0. The molecule has 4 rings (SSSR count). The molecule has 0 saturated heterocycles.